The largest absolute Gasteiger partial charge is 0.141 e. The van der Waals surface area contributed by atoms with Crippen molar-refractivity contribution in [1.29, 1.82) is 0 Å². The molecule has 2 aromatic heterocycles. The third-order valence-electron chi connectivity index (χ3n) is 4.83. The van der Waals surface area contributed by atoms with Gasteiger partial charge in [0.15, 0.2) is 0 Å². The normalized spacial score (nSPS) is 9.93. The third-order valence-corrected chi connectivity index (χ3v) is 6.86. The number of hydrogen-bond acceptors (Lipinski definition) is 2. The molecular weight excluding hydrogens is 400 g/mol. The van der Waals surface area contributed by atoms with E-state index < -0.39 is 0 Å². The minimum Gasteiger partial charge on any atom is -0.141 e. The minimum atomic E-state index is 1.12. The van der Waals surface area contributed by atoms with Gasteiger partial charge in [0.1, 0.15) is 0 Å². The van der Waals surface area contributed by atoms with Gasteiger partial charge in [0.05, 0.1) is 0 Å². The molecule has 0 saturated heterocycles. The molecule has 0 nitrogen and oxygen atoms in total. The standard InChI is InChI=1S/C24H26S2.2C2H6/c1-13(2)21-17(7)24(20-12-10-16(6)26-20)22(14(3)4)18(8)23(21)19-11-9-15(5)25-19;2*1-2/h9-12H,1,3H2,2,4-8H3;2*1-2H3. The van der Waals surface area contributed by atoms with Crippen LogP contribution in [0.1, 0.15) is 73.6 Å². The molecule has 0 saturated carbocycles. The Bertz CT molecular complexity index is 941. The monoisotopic (exact) mass is 438 g/mol. The Balaban J connectivity index is 0.00000106. The zero-order valence-corrected chi connectivity index (χ0v) is 22.2. The SMILES string of the molecule is C=C(C)c1c(C)c(-c2ccc(C)s2)c(C(=C)C)c(C)c1-c1ccc(C)s1.CC.CC. The Morgan fingerprint density at radius 2 is 0.900 bits per heavy atom. The molecule has 0 fully saturated rings. The van der Waals surface area contributed by atoms with E-state index in [4.69, 9.17) is 0 Å². The summed E-state index contributed by atoms with van der Waals surface area (Å²) < 4.78 is 0. The molecule has 1 aromatic carbocycles. The van der Waals surface area contributed by atoms with Crippen molar-refractivity contribution in [2.45, 2.75) is 69.2 Å². The molecule has 0 atom stereocenters. The summed E-state index contributed by atoms with van der Waals surface area (Å²) in [7, 11) is 0. The molecule has 2 heteroatoms. The van der Waals surface area contributed by atoms with E-state index in [2.05, 4.69) is 79.0 Å². The van der Waals surface area contributed by atoms with Crippen molar-refractivity contribution in [3.05, 3.63) is 69.4 Å². The molecule has 0 spiro atoms. The summed E-state index contributed by atoms with van der Waals surface area (Å²) in [5.74, 6) is 0. The lowest BCUT2D eigenvalue weighted by atomic mass is 9.82. The molecule has 30 heavy (non-hydrogen) atoms. The molecule has 0 aliphatic heterocycles. The van der Waals surface area contributed by atoms with Crippen LogP contribution in [0, 0.1) is 27.7 Å². The summed E-state index contributed by atoms with van der Waals surface area (Å²) in [6.07, 6.45) is 0. The maximum Gasteiger partial charge on any atom is 0.0354 e. The quantitative estimate of drug-likeness (QED) is 0.380. The van der Waals surface area contributed by atoms with Crippen LogP contribution < -0.4 is 0 Å². The molecule has 0 unspecified atom stereocenters. The highest BCUT2D eigenvalue weighted by Gasteiger charge is 2.23. The average Bonchev–Trinajstić information content (AvgIpc) is 3.33. The van der Waals surface area contributed by atoms with Crippen molar-refractivity contribution in [3.8, 4) is 20.9 Å². The van der Waals surface area contributed by atoms with Crippen LogP contribution in [-0.4, -0.2) is 0 Å². The van der Waals surface area contributed by atoms with Crippen LogP contribution in [0.4, 0.5) is 0 Å². The fourth-order valence-corrected chi connectivity index (χ4v) is 5.77. The number of hydrogen-bond donors (Lipinski definition) is 0. The van der Waals surface area contributed by atoms with Crippen LogP contribution in [0.2, 0.25) is 0 Å². The maximum absolute atomic E-state index is 4.32. The Morgan fingerprint density at radius 3 is 1.10 bits per heavy atom. The van der Waals surface area contributed by atoms with Gasteiger partial charge in [-0.1, -0.05) is 52.0 Å². The molecule has 0 bridgehead atoms. The van der Waals surface area contributed by atoms with E-state index in [0.29, 0.717) is 0 Å². The predicted molar refractivity (Wildman–Crippen MR) is 144 cm³/mol. The molecule has 162 valence electrons. The Kier molecular flexibility index (Phi) is 10.0. The summed E-state index contributed by atoms with van der Waals surface area (Å²) >= 11 is 3.71. The maximum atomic E-state index is 4.32. The summed E-state index contributed by atoms with van der Waals surface area (Å²) in [4.78, 5) is 5.30. The van der Waals surface area contributed by atoms with Gasteiger partial charge >= 0.3 is 0 Å². The van der Waals surface area contributed by atoms with Gasteiger partial charge in [0.2, 0.25) is 0 Å². The van der Waals surface area contributed by atoms with Crippen molar-refractivity contribution in [2.75, 3.05) is 0 Å². The molecule has 0 radical (unpaired) electrons. The second-order valence-corrected chi connectivity index (χ2v) is 9.71. The van der Waals surface area contributed by atoms with E-state index in [1.54, 1.807) is 0 Å². The van der Waals surface area contributed by atoms with Gasteiger partial charge in [-0.2, -0.15) is 0 Å². The van der Waals surface area contributed by atoms with Gasteiger partial charge in [-0.3, -0.25) is 0 Å². The summed E-state index contributed by atoms with van der Waals surface area (Å²) in [5, 5.41) is 0. The lowest BCUT2D eigenvalue weighted by Gasteiger charge is -2.23. The van der Waals surface area contributed by atoms with Crippen molar-refractivity contribution >= 4 is 33.8 Å². The second-order valence-electron chi connectivity index (χ2n) is 7.13. The van der Waals surface area contributed by atoms with Crippen LogP contribution >= 0.6 is 22.7 Å². The van der Waals surface area contributed by atoms with Gasteiger partial charge in [-0.25, -0.2) is 0 Å². The first-order valence-corrected chi connectivity index (χ1v) is 12.5. The smallest absolute Gasteiger partial charge is 0.0354 e. The van der Waals surface area contributed by atoms with Crippen molar-refractivity contribution < 1.29 is 0 Å². The Morgan fingerprint density at radius 1 is 0.600 bits per heavy atom. The number of allylic oxidation sites excluding steroid dienone is 2. The highest BCUT2D eigenvalue weighted by Crippen LogP contribution is 2.47. The minimum absolute atomic E-state index is 1.12. The number of aryl methyl sites for hydroxylation is 2. The van der Waals surface area contributed by atoms with Gasteiger partial charge in [0, 0.05) is 30.6 Å². The summed E-state index contributed by atoms with van der Waals surface area (Å²) in [5.41, 5.74) is 10.1. The molecule has 3 rings (SSSR count). The van der Waals surface area contributed by atoms with Gasteiger partial charge in [0.25, 0.3) is 0 Å². The van der Waals surface area contributed by atoms with Crippen LogP contribution in [-0.2, 0) is 0 Å². The lowest BCUT2D eigenvalue weighted by Crippen LogP contribution is -2.02. The molecule has 0 aliphatic rings. The van der Waals surface area contributed by atoms with E-state index in [9.17, 15) is 0 Å². The summed E-state index contributed by atoms with van der Waals surface area (Å²) in [6, 6.07) is 8.89. The van der Waals surface area contributed by atoms with E-state index in [1.165, 1.54) is 52.9 Å². The summed E-state index contributed by atoms with van der Waals surface area (Å²) in [6.45, 7) is 29.7. The first-order valence-electron chi connectivity index (χ1n) is 10.8. The van der Waals surface area contributed by atoms with E-state index in [0.717, 1.165) is 11.1 Å². The molecule has 0 aliphatic carbocycles. The van der Waals surface area contributed by atoms with Gasteiger partial charge in [-0.05, 0) is 88.1 Å². The van der Waals surface area contributed by atoms with Gasteiger partial charge < -0.3 is 0 Å². The number of rotatable bonds is 4. The van der Waals surface area contributed by atoms with Crippen molar-refractivity contribution in [1.82, 2.24) is 0 Å². The fraction of sp³-hybridized carbons (Fsp3) is 0.357. The second kappa shape index (κ2) is 11.5. The lowest BCUT2D eigenvalue weighted by molar-refractivity contribution is 1.33. The van der Waals surface area contributed by atoms with E-state index in [-0.39, 0.29) is 0 Å². The highest BCUT2D eigenvalue weighted by atomic mass is 32.1. The van der Waals surface area contributed by atoms with E-state index >= 15 is 0 Å². The number of benzene rings is 1. The average molecular weight is 439 g/mol. The first kappa shape index (κ1) is 26.1. The highest BCUT2D eigenvalue weighted by molar-refractivity contribution is 7.15. The van der Waals surface area contributed by atoms with Crippen LogP contribution in [0.15, 0.2) is 37.4 Å². The molecule has 0 amide bonds. The van der Waals surface area contributed by atoms with Crippen molar-refractivity contribution in [3.63, 3.8) is 0 Å². The van der Waals surface area contributed by atoms with Crippen LogP contribution in [0.3, 0.4) is 0 Å². The zero-order valence-electron chi connectivity index (χ0n) is 20.5. The third kappa shape index (κ3) is 5.22. The predicted octanol–water partition coefficient (Wildman–Crippen LogP) is 10.5. The molecule has 0 N–H and O–H groups in total. The molecular formula is C28H38S2. The Labute approximate surface area is 193 Å². The topological polar surface area (TPSA) is 0 Å². The van der Waals surface area contributed by atoms with Crippen LogP contribution in [0.25, 0.3) is 32.0 Å². The van der Waals surface area contributed by atoms with E-state index in [1.807, 2.05) is 50.4 Å². The number of thiophene rings is 2. The molecule has 3 aromatic rings. The van der Waals surface area contributed by atoms with Gasteiger partial charge in [-0.15, -0.1) is 22.7 Å². The van der Waals surface area contributed by atoms with Crippen molar-refractivity contribution in [2.24, 2.45) is 0 Å². The first-order chi connectivity index (χ1) is 14.2. The van der Waals surface area contributed by atoms with Crippen LogP contribution in [0.5, 0.6) is 0 Å². The zero-order chi connectivity index (χ0) is 23.2. The molecule has 2 heterocycles. The Hall–Kier alpha value is -1.90. The fourth-order valence-electron chi connectivity index (χ4n) is 3.82.